The van der Waals surface area contributed by atoms with Crippen molar-refractivity contribution in [2.24, 2.45) is 0 Å². The molecule has 2 aromatic carbocycles. The van der Waals surface area contributed by atoms with Crippen LogP contribution in [0.4, 0.5) is 18.9 Å². The summed E-state index contributed by atoms with van der Waals surface area (Å²) < 4.78 is 37.6. The number of hydrogen-bond donors (Lipinski definition) is 1. The fourth-order valence-electron chi connectivity index (χ4n) is 1.76. The standard InChI is InChI=1S/C14H9F3N2/c15-14(16,17)11-4-5-12(13(19)7-11)10-3-1-2-9(6-10)8-18/h1-7H,19H2. The Labute approximate surface area is 107 Å². The van der Waals surface area contributed by atoms with Crippen molar-refractivity contribution in [1.82, 2.24) is 0 Å². The minimum atomic E-state index is -4.42. The Morgan fingerprint density at radius 3 is 2.37 bits per heavy atom. The lowest BCUT2D eigenvalue weighted by atomic mass is 10.00. The molecule has 0 bridgehead atoms. The fourth-order valence-corrected chi connectivity index (χ4v) is 1.76. The van der Waals surface area contributed by atoms with Gasteiger partial charge < -0.3 is 5.73 Å². The summed E-state index contributed by atoms with van der Waals surface area (Å²) in [5.41, 5.74) is 6.42. The van der Waals surface area contributed by atoms with Gasteiger partial charge in [0.15, 0.2) is 0 Å². The van der Waals surface area contributed by atoms with E-state index in [9.17, 15) is 13.2 Å². The Bertz CT molecular complexity index is 654. The molecule has 0 fully saturated rings. The van der Waals surface area contributed by atoms with Gasteiger partial charge in [-0.05, 0) is 29.8 Å². The van der Waals surface area contributed by atoms with E-state index in [1.165, 1.54) is 6.07 Å². The molecule has 0 saturated carbocycles. The van der Waals surface area contributed by atoms with Crippen LogP contribution in [0.3, 0.4) is 0 Å². The predicted molar refractivity (Wildman–Crippen MR) is 66.0 cm³/mol. The van der Waals surface area contributed by atoms with Gasteiger partial charge in [-0.15, -0.1) is 0 Å². The number of nitrogens with zero attached hydrogens (tertiary/aromatic N) is 1. The first-order valence-electron chi connectivity index (χ1n) is 5.39. The van der Waals surface area contributed by atoms with Crippen molar-refractivity contribution in [2.45, 2.75) is 6.18 Å². The highest BCUT2D eigenvalue weighted by Crippen LogP contribution is 2.34. The molecular weight excluding hydrogens is 253 g/mol. The maximum atomic E-state index is 12.5. The van der Waals surface area contributed by atoms with Crippen molar-refractivity contribution < 1.29 is 13.2 Å². The topological polar surface area (TPSA) is 49.8 Å². The number of nitriles is 1. The van der Waals surface area contributed by atoms with E-state index >= 15 is 0 Å². The molecule has 0 aliphatic carbocycles. The third-order valence-electron chi connectivity index (χ3n) is 2.68. The average Bonchev–Trinajstić information content (AvgIpc) is 2.37. The third kappa shape index (κ3) is 2.68. The molecule has 0 heterocycles. The van der Waals surface area contributed by atoms with Gasteiger partial charge in [-0.25, -0.2) is 0 Å². The van der Waals surface area contributed by atoms with E-state index < -0.39 is 11.7 Å². The number of rotatable bonds is 1. The second-order valence-corrected chi connectivity index (χ2v) is 3.99. The molecule has 0 saturated heterocycles. The minimum absolute atomic E-state index is 0.0323. The van der Waals surface area contributed by atoms with Gasteiger partial charge in [0.1, 0.15) is 0 Å². The van der Waals surface area contributed by atoms with Gasteiger partial charge in [-0.2, -0.15) is 18.4 Å². The molecule has 5 heteroatoms. The Morgan fingerprint density at radius 2 is 1.79 bits per heavy atom. The number of alkyl halides is 3. The lowest BCUT2D eigenvalue weighted by molar-refractivity contribution is -0.137. The van der Waals surface area contributed by atoms with Crippen LogP contribution in [0.2, 0.25) is 0 Å². The maximum absolute atomic E-state index is 12.5. The summed E-state index contributed by atoms with van der Waals surface area (Å²) in [6.45, 7) is 0. The molecule has 0 spiro atoms. The molecule has 0 aliphatic heterocycles. The molecule has 2 rings (SSSR count). The van der Waals surface area contributed by atoms with Crippen molar-refractivity contribution >= 4 is 5.69 Å². The summed E-state index contributed by atoms with van der Waals surface area (Å²) in [5, 5.41) is 8.80. The first kappa shape index (κ1) is 13.0. The molecule has 0 unspecified atom stereocenters. The van der Waals surface area contributed by atoms with E-state index in [4.69, 9.17) is 11.0 Å². The van der Waals surface area contributed by atoms with E-state index in [1.54, 1.807) is 24.3 Å². The lowest BCUT2D eigenvalue weighted by Gasteiger charge is -2.11. The molecule has 96 valence electrons. The molecule has 0 aromatic heterocycles. The average molecular weight is 262 g/mol. The van der Waals surface area contributed by atoms with Gasteiger partial charge in [-0.3, -0.25) is 0 Å². The number of halogens is 3. The number of benzene rings is 2. The summed E-state index contributed by atoms with van der Waals surface area (Å²) in [6.07, 6.45) is -4.42. The number of nitrogens with two attached hydrogens (primary N) is 1. The Hall–Kier alpha value is -2.48. The van der Waals surface area contributed by atoms with Crippen molar-refractivity contribution in [2.75, 3.05) is 5.73 Å². The molecule has 0 amide bonds. The molecule has 0 radical (unpaired) electrons. The van der Waals surface area contributed by atoms with Gasteiger partial charge in [0.2, 0.25) is 0 Å². The highest BCUT2D eigenvalue weighted by Gasteiger charge is 2.30. The minimum Gasteiger partial charge on any atom is -0.398 e. The van der Waals surface area contributed by atoms with E-state index in [-0.39, 0.29) is 5.69 Å². The van der Waals surface area contributed by atoms with Crippen LogP contribution in [0.5, 0.6) is 0 Å². The summed E-state index contributed by atoms with van der Waals surface area (Å²) >= 11 is 0. The molecule has 2 N–H and O–H groups in total. The maximum Gasteiger partial charge on any atom is 0.416 e. The van der Waals surface area contributed by atoms with E-state index in [0.29, 0.717) is 16.7 Å². The largest absolute Gasteiger partial charge is 0.416 e. The Morgan fingerprint density at radius 1 is 1.05 bits per heavy atom. The first-order chi connectivity index (χ1) is 8.91. The van der Waals surface area contributed by atoms with Crippen LogP contribution in [0.1, 0.15) is 11.1 Å². The molecule has 0 atom stereocenters. The zero-order valence-electron chi connectivity index (χ0n) is 9.70. The van der Waals surface area contributed by atoms with Crippen molar-refractivity contribution in [3.05, 3.63) is 53.6 Å². The van der Waals surface area contributed by atoms with Gasteiger partial charge in [0, 0.05) is 11.3 Å². The highest BCUT2D eigenvalue weighted by molar-refractivity contribution is 5.77. The Balaban J connectivity index is 2.50. The fraction of sp³-hybridized carbons (Fsp3) is 0.0714. The molecule has 19 heavy (non-hydrogen) atoms. The van der Waals surface area contributed by atoms with Gasteiger partial charge >= 0.3 is 6.18 Å². The zero-order valence-corrected chi connectivity index (χ0v) is 9.70. The Kier molecular flexibility index (Phi) is 3.17. The van der Waals surface area contributed by atoms with Crippen molar-refractivity contribution in [3.63, 3.8) is 0 Å². The molecule has 2 aromatic rings. The third-order valence-corrected chi connectivity index (χ3v) is 2.68. The summed E-state index contributed by atoms with van der Waals surface area (Å²) in [7, 11) is 0. The quantitative estimate of drug-likeness (QED) is 0.794. The molecular formula is C14H9F3N2. The van der Waals surface area contributed by atoms with Crippen molar-refractivity contribution in [3.8, 4) is 17.2 Å². The van der Waals surface area contributed by atoms with Crippen LogP contribution < -0.4 is 5.73 Å². The van der Waals surface area contributed by atoms with E-state index in [0.717, 1.165) is 12.1 Å². The van der Waals surface area contributed by atoms with Crippen LogP contribution in [0.15, 0.2) is 42.5 Å². The second kappa shape index (κ2) is 4.65. The van der Waals surface area contributed by atoms with Crippen LogP contribution in [-0.4, -0.2) is 0 Å². The predicted octanol–water partition coefficient (Wildman–Crippen LogP) is 3.83. The SMILES string of the molecule is N#Cc1cccc(-c2ccc(C(F)(F)F)cc2N)c1. The second-order valence-electron chi connectivity index (χ2n) is 3.99. The van der Waals surface area contributed by atoms with E-state index in [1.807, 2.05) is 6.07 Å². The van der Waals surface area contributed by atoms with Gasteiger partial charge in [-0.1, -0.05) is 18.2 Å². The van der Waals surface area contributed by atoms with Crippen LogP contribution in [0, 0.1) is 11.3 Å². The summed E-state index contributed by atoms with van der Waals surface area (Å²) in [4.78, 5) is 0. The highest BCUT2D eigenvalue weighted by atomic mass is 19.4. The van der Waals surface area contributed by atoms with Crippen LogP contribution in [0.25, 0.3) is 11.1 Å². The number of hydrogen-bond acceptors (Lipinski definition) is 2. The normalized spacial score (nSPS) is 11.1. The number of anilines is 1. The molecule has 2 nitrogen and oxygen atoms in total. The number of nitrogen functional groups attached to an aromatic ring is 1. The molecule has 0 aliphatic rings. The smallest absolute Gasteiger partial charge is 0.398 e. The van der Waals surface area contributed by atoms with E-state index in [2.05, 4.69) is 0 Å². The van der Waals surface area contributed by atoms with Crippen molar-refractivity contribution in [1.29, 1.82) is 5.26 Å². The summed E-state index contributed by atoms with van der Waals surface area (Å²) in [5.74, 6) is 0. The van der Waals surface area contributed by atoms with Gasteiger partial charge in [0.05, 0.1) is 17.2 Å². The van der Waals surface area contributed by atoms with Crippen LogP contribution in [-0.2, 0) is 6.18 Å². The van der Waals surface area contributed by atoms with Crippen LogP contribution >= 0.6 is 0 Å². The monoisotopic (exact) mass is 262 g/mol. The summed E-state index contributed by atoms with van der Waals surface area (Å²) in [6, 6.07) is 11.7. The van der Waals surface area contributed by atoms with Gasteiger partial charge in [0.25, 0.3) is 0 Å². The lowest BCUT2D eigenvalue weighted by Crippen LogP contribution is -2.05. The zero-order chi connectivity index (χ0) is 14.0. The first-order valence-corrected chi connectivity index (χ1v) is 5.39.